The molecule has 1 aliphatic rings. The topological polar surface area (TPSA) is 95.2 Å². The Morgan fingerprint density at radius 3 is 2.70 bits per heavy atom. The van der Waals surface area contributed by atoms with Gasteiger partial charge in [0, 0.05) is 18.7 Å². The molecule has 3 rings (SSSR count). The van der Waals surface area contributed by atoms with Crippen LogP contribution >= 0.6 is 0 Å². The number of anilines is 1. The Morgan fingerprint density at radius 1 is 1.19 bits per heavy atom. The van der Waals surface area contributed by atoms with Gasteiger partial charge in [0.05, 0.1) is 12.2 Å². The summed E-state index contributed by atoms with van der Waals surface area (Å²) in [7, 11) is 0. The summed E-state index contributed by atoms with van der Waals surface area (Å²) < 4.78 is 7.94. The number of rotatable bonds is 6. The van der Waals surface area contributed by atoms with Gasteiger partial charge >= 0.3 is 11.7 Å². The molecule has 0 radical (unpaired) electrons. The Hall–Kier alpha value is -2.90. The van der Waals surface area contributed by atoms with Crippen LogP contribution in [0.25, 0.3) is 0 Å². The minimum absolute atomic E-state index is 0.140. The van der Waals surface area contributed by atoms with Crippen LogP contribution in [-0.2, 0) is 29.0 Å². The van der Waals surface area contributed by atoms with Gasteiger partial charge in [0.25, 0.3) is 0 Å². The van der Waals surface area contributed by atoms with E-state index in [0.717, 1.165) is 37.9 Å². The number of carbonyl (C=O) groups excluding carboxylic acids is 2. The molecule has 2 heterocycles. The highest BCUT2D eigenvalue weighted by molar-refractivity contribution is 5.92. The van der Waals surface area contributed by atoms with Crippen molar-refractivity contribution in [1.82, 2.24) is 14.3 Å². The molecule has 0 unspecified atom stereocenters. The van der Waals surface area contributed by atoms with E-state index in [1.165, 1.54) is 4.68 Å². The van der Waals surface area contributed by atoms with Crippen LogP contribution in [0.1, 0.15) is 48.8 Å². The Bertz CT molecular complexity index is 867. The van der Waals surface area contributed by atoms with E-state index < -0.39 is 0 Å². The summed E-state index contributed by atoms with van der Waals surface area (Å²) in [5, 5.41) is 7.02. The molecular weight excluding hydrogens is 348 g/mol. The molecule has 1 N–H and O–H groups in total. The highest BCUT2D eigenvalue weighted by atomic mass is 16.5. The summed E-state index contributed by atoms with van der Waals surface area (Å²) in [6, 6.07) is 6.45. The van der Waals surface area contributed by atoms with Crippen LogP contribution in [0.2, 0.25) is 0 Å². The van der Waals surface area contributed by atoms with Crippen molar-refractivity contribution in [1.29, 1.82) is 0 Å². The molecule has 1 aromatic heterocycles. The third kappa shape index (κ3) is 4.64. The lowest BCUT2D eigenvalue weighted by Gasteiger charge is -2.07. The first-order valence-electron chi connectivity index (χ1n) is 9.32. The minimum Gasteiger partial charge on any atom is -0.462 e. The van der Waals surface area contributed by atoms with Gasteiger partial charge in [-0.25, -0.2) is 14.3 Å². The molecule has 1 amide bonds. The lowest BCUT2D eigenvalue weighted by atomic mass is 10.2. The van der Waals surface area contributed by atoms with Gasteiger partial charge in [-0.2, -0.15) is 5.10 Å². The molecule has 8 nitrogen and oxygen atoms in total. The van der Waals surface area contributed by atoms with E-state index in [1.807, 2.05) is 6.92 Å². The summed E-state index contributed by atoms with van der Waals surface area (Å²) in [6.45, 7) is 2.82. The van der Waals surface area contributed by atoms with Crippen molar-refractivity contribution in [2.75, 3.05) is 11.9 Å². The molecule has 0 saturated carbocycles. The number of aryl methyl sites for hydroxylation is 1. The van der Waals surface area contributed by atoms with E-state index in [-0.39, 0.29) is 24.1 Å². The van der Waals surface area contributed by atoms with Crippen LogP contribution in [0.4, 0.5) is 5.69 Å². The zero-order chi connectivity index (χ0) is 19.2. The monoisotopic (exact) mass is 372 g/mol. The number of hydrogen-bond acceptors (Lipinski definition) is 5. The van der Waals surface area contributed by atoms with Gasteiger partial charge in [-0.1, -0.05) is 13.3 Å². The van der Waals surface area contributed by atoms with E-state index in [9.17, 15) is 14.4 Å². The molecule has 0 bridgehead atoms. The minimum atomic E-state index is -0.388. The van der Waals surface area contributed by atoms with Gasteiger partial charge in [0.2, 0.25) is 5.91 Å². The average molecular weight is 372 g/mol. The van der Waals surface area contributed by atoms with Gasteiger partial charge in [-0.15, -0.1) is 0 Å². The smallest absolute Gasteiger partial charge is 0.346 e. The summed E-state index contributed by atoms with van der Waals surface area (Å²) in [5.41, 5.74) is 0.729. The maximum atomic E-state index is 12.4. The molecule has 0 spiro atoms. The van der Waals surface area contributed by atoms with Gasteiger partial charge in [-0.05, 0) is 43.5 Å². The number of ether oxygens (including phenoxy) is 1. The molecule has 8 heteroatoms. The predicted octanol–water partition coefficient (Wildman–Crippen LogP) is 1.98. The lowest BCUT2D eigenvalue weighted by molar-refractivity contribution is -0.117. The van der Waals surface area contributed by atoms with E-state index in [4.69, 9.17) is 4.74 Å². The number of nitrogens with zero attached hydrogens (tertiary/aromatic N) is 3. The zero-order valence-electron chi connectivity index (χ0n) is 15.4. The summed E-state index contributed by atoms with van der Waals surface area (Å²) in [5.74, 6) is 0.0210. The summed E-state index contributed by atoms with van der Waals surface area (Å²) >= 11 is 0. The second-order valence-electron chi connectivity index (χ2n) is 6.58. The van der Waals surface area contributed by atoms with Gasteiger partial charge < -0.3 is 10.1 Å². The predicted molar refractivity (Wildman–Crippen MR) is 99.7 cm³/mol. The maximum absolute atomic E-state index is 12.4. The molecule has 0 aliphatic carbocycles. The normalized spacial score (nSPS) is 13.5. The molecule has 2 aromatic rings. The molecule has 27 heavy (non-hydrogen) atoms. The number of aromatic nitrogens is 3. The number of benzene rings is 1. The van der Waals surface area contributed by atoms with Gasteiger partial charge in [0.15, 0.2) is 0 Å². The van der Waals surface area contributed by atoms with Crippen molar-refractivity contribution in [2.24, 2.45) is 0 Å². The Morgan fingerprint density at radius 2 is 1.96 bits per heavy atom. The first-order valence-corrected chi connectivity index (χ1v) is 9.32. The van der Waals surface area contributed by atoms with Crippen molar-refractivity contribution in [3.63, 3.8) is 0 Å². The first kappa shape index (κ1) is 18.9. The van der Waals surface area contributed by atoms with Crippen LogP contribution in [0.5, 0.6) is 0 Å². The molecule has 0 atom stereocenters. The number of carbonyl (C=O) groups is 2. The fourth-order valence-electron chi connectivity index (χ4n) is 3.03. The molecule has 1 aliphatic heterocycles. The highest BCUT2D eigenvalue weighted by Gasteiger charge is 2.17. The average Bonchev–Trinajstić information content (AvgIpc) is 2.83. The van der Waals surface area contributed by atoms with Crippen molar-refractivity contribution >= 4 is 17.6 Å². The lowest BCUT2D eigenvalue weighted by Crippen LogP contribution is -2.30. The van der Waals surface area contributed by atoms with Crippen LogP contribution in [-0.4, -0.2) is 32.8 Å². The Balaban J connectivity index is 1.61. The van der Waals surface area contributed by atoms with Crippen molar-refractivity contribution in [2.45, 2.75) is 52.1 Å². The molecule has 144 valence electrons. The summed E-state index contributed by atoms with van der Waals surface area (Å²) in [4.78, 5) is 36.4. The molecule has 0 saturated heterocycles. The van der Waals surface area contributed by atoms with Crippen LogP contribution < -0.4 is 11.0 Å². The van der Waals surface area contributed by atoms with E-state index in [2.05, 4.69) is 10.4 Å². The van der Waals surface area contributed by atoms with Crippen LogP contribution in [0.15, 0.2) is 29.1 Å². The molecule has 0 fully saturated rings. The second-order valence-corrected chi connectivity index (χ2v) is 6.58. The van der Waals surface area contributed by atoms with E-state index in [0.29, 0.717) is 24.4 Å². The first-order chi connectivity index (χ1) is 13.1. The third-order valence-electron chi connectivity index (χ3n) is 4.42. The third-order valence-corrected chi connectivity index (χ3v) is 4.42. The quantitative estimate of drug-likeness (QED) is 0.782. The highest BCUT2D eigenvalue weighted by Crippen LogP contribution is 2.12. The van der Waals surface area contributed by atoms with Crippen LogP contribution in [0, 0.1) is 0 Å². The SMILES string of the molecule is CCCOC(=O)c1ccc(NC(=O)Cn2nc3n(c2=O)CCCCC3)cc1. The van der Waals surface area contributed by atoms with Crippen molar-refractivity contribution < 1.29 is 14.3 Å². The Labute approximate surface area is 157 Å². The van der Waals surface area contributed by atoms with Crippen molar-refractivity contribution in [3.05, 3.63) is 46.1 Å². The number of esters is 1. The van der Waals surface area contributed by atoms with Crippen molar-refractivity contribution in [3.8, 4) is 0 Å². The van der Waals surface area contributed by atoms with Crippen LogP contribution in [0.3, 0.4) is 0 Å². The maximum Gasteiger partial charge on any atom is 0.346 e. The summed E-state index contributed by atoms with van der Waals surface area (Å²) in [6.07, 6.45) is 4.58. The van der Waals surface area contributed by atoms with Gasteiger partial charge in [0.1, 0.15) is 12.4 Å². The number of amides is 1. The molecule has 1 aromatic carbocycles. The molecular formula is C19H24N4O4. The fourth-order valence-corrected chi connectivity index (χ4v) is 3.03. The number of fused-ring (bicyclic) bond motifs is 1. The van der Waals surface area contributed by atoms with Gasteiger partial charge in [-0.3, -0.25) is 9.36 Å². The van der Waals surface area contributed by atoms with E-state index >= 15 is 0 Å². The van der Waals surface area contributed by atoms with E-state index in [1.54, 1.807) is 28.8 Å². The number of hydrogen-bond donors (Lipinski definition) is 1. The number of nitrogens with one attached hydrogen (secondary N) is 1. The zero-order valence-corrected chi connectivity index (χ0v) is 15.4. The Kier molecular flexibility index (Phi) is 6.05. The standard InChI is InChI=1S/C19H24N4O4/c1-2-12-27-18(25)14-7-9-15(10-8-14)20-17(24)13-23-19(26)22-11-5-3-4-6-16(22)21-23/h7-10H,2-6,11-13H2,1H3,(H,20,24). The largest absolute Gasteiger partial charge is 0.462 e. The fraction of sp³-hybridized carbons (Fsp3) is 0.474. The second kappa shape index (κ2) is 8.66.